The van der Waals surface area contributed by atoms with Gasteiger partial charge in [-0.05, 0) is 17.0 Å². The molecule has 1 unspecified atom stereocenters. The Kier molecular flexibility index (Phi) is 3.66. The second kappa shape index (κ2) is 5.09. The average molecular weight is 263 g/mol. The van der Waals surface area contributed by atoms with Gasteiger partial charge in [0.05, 0.1) is 12.5 Å². The van der Waals surface area contributed by atoms with E-state index in [4.69, 9.17) is 10.3 Å². The standard InChI is InChI=1S/C14H18FN3O/c1-14(2,3)12(16)13-17-11(19-18-13)8-9-6-4-5-7-10(9)15/h4-7,12H,8,16H2,1-3H3. The number of benzene rings is 1. The summed E-state index contributed by atoms with van der Waals surface area (Å²) in [6.07, 6.45) is 0.274. The van der Waals surface area contributed by atoms with Crippen LogP contribution in [0.1, 0.15) is 44.1 Å². The highest BCUT2D eigenvalue weighted by Gasteiger charge is 2.26. The highest BCUT2D eigenvalue weighted by atomic mass is 19.1. The molecule has 0 bridgehead atoms. The number of hydrogen-bond donors (Lipinski definition) is 1. The van der Waals surface area contributed by atoms with Crippen LogP contribution in [0.25, 0.3) is 0 Å². The van der Waals surface area contributed by atoms with Crippen molar-refractivity contribution in [3.63, 3.8) is 0 Å². The van der Waals surface area contributed by atoms with Crippen molar-refractivity contribution >= 4 is 0 Å². The normalized spacial score (nSPS) is 13.5. The van der Waals surface area contributed by atoms with Gasteiger partial charge < -0.3 is 10.3 Å². The molecular formula is C14H18FN3O. The van der Waals surface area contributed by atoms with E-state index in [1.807, 2.05) is 20.8 Å². The van der Waals surface area contributed by atoms with Gasteiger partial charge in [0.1, 0.15) is 5.82 Å². The number of nitrogens with two attached hydrogens (primary N) is 1. The summed E-state index contributed by atoms with van der Waals surface area (Å²) in [6.45, 7) is 6.01. The number of nitrogens with zero attached hydrogens (tertiary/aromatic N) is 2. The molecule has 0 spiro atoms. The third kappa shape index (κ3) is 3.17. The third-order valence-electron chi connectivity index (χ3n) is 2.99. The van der Waals surface area contributed by atoms with Crippen LogP contribution in [-0.4, -0.2) is 10.1 Å². The lowest BCUT2D eigenvalue weighted by Crippen LogP contribution is -2.27. The summed E-state index contributed by atoms with van der Waals surface area (Å²) in [7, 11) is 0. The number of aromatic nitrogens is 2. The van der Waals surface area contributed by atoms with Crippen LogP contribution in [0.4, 0.5) is 4.39 Å². The summed E-state index contributed by atoms with van der Waals surface area (Å²) in [4.78, 5) is 4.24. The summed E-state index contributed by atoms with van der Waals surface area (Å²) < 4.78 is 18.6. The summed E-state index contributed by atoms with van der Waals surface area (Å²) >= 11 is 0. The van der Waals surface area contributed by atoms with Crippen molar-refractivity contribution in [3.05, 3.63) is 47.4 Å². The Bertz CT molecular complexity index is 560. The van der Waals surface area contributed by atoms with Crippen LogP contribution >= 0.6 is 0 Å². The van der Waals surface area contributed by atoms with Crippen molar-refractivity contribution in [3.8, 4) is 0 Å². The fraction of sp³-hybridized carbons (Fsp3) is 0.429. The van der Waals surface area contributed by atoms with Crippen LogP contribution < -0.4 is 5.73 Å². The van der Waals surface area contributed by atoms with E-state index < -0.39 is 0 Å². The molecular weight excluding hydrogens is 245 g/mol. The number of hydrogen-bond acceptors (Lipinski definition) is 4. The molecule has 0 aliphatic rings. The highest BCUT2D eigenvalue weighted by Crippen LogP contribution is 2.28. The van der Waals surface area contributed by atoms with E-state index in [9.17, 15) is 4.39 Å². The van der Waals surface area contributed by atoms with Crippen molar-refractivity contribution in [2.75, 3.05) is 0 Å². The zero-order valence-corrected chi connectivity index (χ0v) is 11.4. The van der Waals surface area contributed by atoms with Crippen molar-refractivity contribution in [2.45, 2.75) is 33.2 Å². The van der Waals surface area contributed by atoms with Crippen molar-refractivity contribution in [2.24, 2.45) is 11.1 Å². The van der Waals surface area contributed by atoms with Gasteiger partial charge in [0.15, 0.2) is 5.82 Å². The Morgan fingerprint density at radius 3 is 2.63 bits per heavy atom. The molecule has 0 saturated heterocycles. The van der Waals surface area contributed by atoms with Gasteiger partial charge in [-0.3, -0.25) is 0 Å². The minimum atomic E-state index is -0.314. The quantitative estimate of drug-likeness (QED) is 0.924. The zero-order chi connectivity index (χ0) is 14.0. The summed E-state index contributed by atoms with van der Waals surface area (Å²) in [5, 5.41) is 3.87. The Hall–Kier alpha value is -1.75. The van der Waals surface area contributed by atoms with Gasteiger partial charge in [0.2, 0.25) is 5.89 Å². The number of halogens is 1. The second-order valence-electron chi connectivity index (χ2n) is 5.66. The SMILES string of the molecule is CC(C)(C)C(N)c1noc(Cc2ccccc2F)n1. The molecule has 1 atom stereocenters. The first-order valence-electron chi connectivity index (χ1n) is 6.19. The van der Waals surface area contributed by atoms with Crippen LogP contribution in [0, 0.1) is 11.2 Å². The van der Waals surface area contributed by atoms with Gasteiger partial charge >= 0.3 is 0 Å². The third-order valence-corrected chi connectivity index (χ3v) is 2.99. The number of rotatable bonds is 3. The van der Waals surface area contributed by atoms with Crippen molar-refractivity contribution < 1.29 is 8.91 Å². The fourth-order valence-electron chi connectivity index (χ4n) is 1.66. The highest BCUT2D eigenvalue weighted by molar-refractivity contribution is 5.20. The lowest BCUT2D eigenvalue weighted by atomic mass is 9.87. The van der Waals surface area contributed by atoms with Crippen molar-refractivity contribution in [1.29, 1.82) is 0 Å². The van der Waals surface area contributed by atoms with Gasteiger partial charge in [0.25, 0.3) is 0 Å². The fourth-order valence-corrected chi connectivity index (χ4v) is 1.66. The molecule has 0 radical (unpaired) electrons. The van der Waals surface area contributed by atoms with Crippen LogP contribution in [0.15, 0.2) is 28.8 Å². The monoisotopic (exact) mass is 263 g/mol. The van der Waals surface area contributed by atoms with Gasteiger partial charge in [0, 0.05) is 0 Å². The molecule has 0 aliphatic carbocycles. The lowest BCUT2D eigenvalue weighted by molar-refractivity contribution is 0.301. The van der Waals surface area contributed by atoms with Crippen LogP contribution in [0.2, 0.25) is 0 Å². The molecule has 0 saturated carbocycles. The molecule has 1 heterocycles. The molecule has 2 rings (SSSR count). The molecule has 1 aromatic carbocycles. The van der Waals surface area contributed by atoms with Crippen LogP contribution in [-0.2, 0) is 6.42 Å². The zero-order valence-electron chi connectivity index (χ0n) is 11.4. The largest absolute Gasteiger partial charge is 0.339 e. The first kappa shape index (κ1) is 13.7. The Morgan fingerprint density at radius 1 is 1.32 bits per heavy atom. The molecule has 0 fully saturated rings. The Balaban J connectivity index is 2.16. The van der Waals surface area contributed by atoms with E-state index in [0.717, 1.165) is 0 Å². The predicted molar refractivity (Wildman–Crippen MR) is 69.9 cm³/mol. The molecule has 4 nitrogen and oxygen atoms in total. The Labute approximate surface area is 111 Å². The maximum Gasteiger partial charge on any atom is 0.231 e. The molecule has 102 valence electrons. The molecule has 2 N–H and O–H groups in total. The molecule has 0 aliphatic heterocycles. The van der Waals surface area contributed by atoms with E-state index in [2.05, 4.69) is 10.1 Å². The first-order chi connectivity index (χ1) is 8.88. The molecule has 2 aromatic rings. The predicted octanol–water partition coefficient (Wildman–Crippen LogP) is 2.85. The van der Waals surface area contributed by atoms with Gasteiger partial charge in [-0.2, -0.15) is 4.98 Å². The second-order valence-corrected chi connectivity index (χ2v) is 5.66. The average Bonchev–Trinajstić information content (AvgIpc) is 2.78. The minimum absolute atomic E-state index is 0.154. The lowest BCUT2D eigenvalue weighted by Gasteiger charge is -2.23. The molecule has 5 heteroatoms. The van der Waals surface area contributed by atoms with Crippen molar-refractivity contribution in [1.82, 2.24) is 10.1 Å². The van der Waals surface area contributed by atoms with Gasteiger partial charge in [-0.1, -0.05) is 44.1 Å². The minimum Gasteiger partial charge on any atom is -0.339 e. The van der Waals surface area contributed by atoms with Gasteiger partial charge in [-0.15, -0.1) is 0 Å². The molecule has 19 heavy (non-hydrogen) atoms. The van der Waals surface area contributed by atoms with Crippen LogP contribution in [0.5, 0.6) is 0 Å². The van der Waals surface area contributed by atoms with Gasteiger partial charge in [-0.25, -0.2) is 4.39 Å². The van der Waals surface area contributed by atoms with E-state index in [1.54, 1.807) is 18.2 Å². The first-order valence-corrected chi connectivity index (χ1v) is 6.19. The molecule has 0 amide bonds. The summed E-state index contributed by atoms with van der Waals surface area (Å²) in [5.74, 6) is 0.556. The summed E-state index contributed by atoms with van der Waals surface area (Å²) in [6, 6.07) is 6.21. The smallest absolute Gasteiger partial charge is 0.231 e. The topological polar surface area (TPSA) is 64.9 Å². The van der Waals surface area contributed by atoms with E-state index >= 15 is 0 Å². The van der Waals surface area contributed by atoms with Crippen LogP contribution in [0.3, 0.4) is 0 Å². The molecule has 1 aromatic heterocycles. The van der Waals surface area contributed by atoms with E-state index in [1.165, 1.54) is 6.07 Å². The Morgan fingerprint density at radius 2 is 2.00 bits per heavy atom. The maximum atomic E-state index is 13.5. The summed E-state index contributed by atoms with van der Waals surface area (Å²) in [5.41, 5.74) is 6.43. The van der Waals surface area contributed by atoms with E-state index in [0.29, 0.717) is 17.3 Å². The van der Waals surface area contributed by atoms with E-state index in [-0.39, 0.29) is 23.7 Å². The maximum absolute atomic E-state index is 13.5.